The van der Waals surface area contributed by atoms with Crippen molar-refractivity contribution in [1.82, 2.24) is 0 Å². The van der Waals surface area contributed by atoms with Crippen LogP contribution >= 0.6 is 0 Å². The zero-order chi connectivity index (χ0) is 15.3. The fraction of sp³-hybridized carbons (Fsp3) is 0.250. The normalized spacial score (nSPS) is 11.3. The van der Waals surface area contributed by atoms with Gasteiger partial charge in [-0.3, -0.25) is 0 Å². The maximum Gasteiger partial charge on any atom is 0.181 e. The second kappa shape index (κ2) is 6.74. The van der Waals surface area contributed by atoms with Crippen molar-refractivity contribution in [2.24, 2.45) is 5.73 Å². The van der Waals surface area contributed by atoms with E-state index in [-0.39, 0.29) is 12.4 Å². The zero-order valence-electron chi connectivity index (χ0n) is 12.0. The van der Waals surface area contributed by atoms with Gasteiger partial charge in [-0.15, -0.1) is 0 Å². The highest BCUT2D eigenvalue weighted by atomic mass is 32.2. The van der Waals surface area contributed by atoms with Crippen LogP contribution < -0.4 is 10.5 Å². The van der Waals surface area contributed by atoms with Crippen LogP contribution in [0.5, 0.6) is 5.75 Å². The van der Waals surface area contributed by atoms with Crippen LogP contribution in [-0.2, 0) is 16.4 Å². The average Bonchev–Trinajstić information content (AvgIpc) is 2.49. The van der Waals surface area contributed by atoms with E-state index in [9.17, 15) is 8.42 Å². The van der Waals surface area contributed by atoms with Crippen LogP contribution in [0.2, 0.25) is 0 Å². The maximum atomic E-state index is 12.3. The van der Waals surface area contributed by atoms with Gasteiger partial charge in [-0.25, -0.2) is 8.42 Å². The van der Waals surface area contributed by atoms with E-state index in [0.29, 0.717) is 17.2 Å². The van der Waals surface area contributed by atoms with Crippen molar-refractivity contribution < 1.29 is 13.2 Å². The molecule has 0 bridgehead atoms. The second-order valence-corrected chi connectivity index (χ2v) is 6.89. The Kier molecular flexibility index (Phi) is 4.98. The van der Waals surface area contributed by atoms with E-state index in [4.69, 9.17) is 10.5 Å². The maximum absolute atomic E-state index is 12.3. The lowest BCUT2D eigenvalue weighted by Gasteiger charge is -2.10. The number of hydrogen-bond acceptors (Lipinski definition) is 4. The molecule has 0 amide bonds. The molecule has 0 saturated heterocycles. The number of sulfone groups is 1. The Balaban J connectivity index is 2.03. The molecule has 0 heterocycles. The van der Waals surface area contributed by atoms with E-state index in [1.54, 1.807) is 18.2 Å². The van der Waals surface area contributed by atoms with Crippen molar-refractivity contribution in [3.63, 3.8) is 0 Å². The lowest BCUT2D eigenvalue weighted by Crippen LogP contribution is -2.15. The lowest BCUT2D eigenvalue weighted by atomic mass is 10.2. The minimum absolute atomic E-state index is 0.0602. The van der Waals surface area contributed by atoms with Gasteiger partial charge in [0.2, 0.25) is 0 Å². The van der Waals surface area contributed by atoms with E-state index in [0.717, 1.165) is 11.1 Å². The second-order valence-electron chi connectivity index (χ2n) is 4.78. The van der Waals surface area contributed by atoms with Crippen molar-refractivity contribution in [3.05, 3.63) is 59.7 Å². The van der Waals surface area contributed by atoms with E-state index in [1.807, 2.05) is 37.3 Å². The molecule has 2 N–H and O–H groups in total. The summed E-state index contributed by atoms with van der Waals surface area (Å²) in [4.78, 5) is 0.291. The molecule has 0 aliphatic rings. The highest BCUT2D eigenvalue weighted by molar-refractivity contribution is 7.91. The highest BCUT2D eigenvalue weighted by Crippen LogP contribution is 2.17. The molecule has 0 spiro atoms. The van der Waals surface area contributed by atoms with Gasteiger partial charge in [0.25, 0.3) is 0 Å². The van der Waals surface area contributed by atoms with Gasteiger partial charge in [0.1, 0.15) is 12.4 Å². The monoisotopic (exact) mass is 305 g/mol. The molecule has 2 aromatic rings. The molecular formula is C16H19NO3S. The summed E-state index contributed by atoms with van der Waals surface area (Å²) in [5.41, 5.74) is 7.32. The number of aryl methyl sites for hydroxylation is 1. The van der Waals surface area contributed by atoms with Crippen LogP contribution in [0.3, 0.4) is 0 Å². The van der Waals surface area contributed by atoms with Crippen LogP contribution in [-0.4, -0.2) is 20.8 Å². The van der Waals surface area contributed by atoms with Gasteiger partial charge in [-0.1, -0.05) is 30.3 Å². The summed E-state index contributed by atoms with van der Waals surface area (Å²) < 4.78 is 30.1. The number of benzene rings is 2. The third-order valence-corrected chi connectivity index (χ3v) is 4.87. The summed E-state index contributed by atoms with van der Waals surface area (Å²) in [6, 6.07) is 14.2. The highest BCUT2D eigenvalue weighted by Gasteiger charge is 2.15. The quantitative estimate of drug-likeness (QED) is 0.889. The Hall–Kier alpha value is -1.85. The lowest BCUT2D eigenvalue weighted by molar-refractivity contribution is 0.338. The summed E-state index contributed by atoms with van der Waals surface area (Å²) >= 11 is 0. The van der Waals surface area contributed by atoms with Crippen molar-refractivity contribution in [1.29, 1.82) is 0 Å². The van der Waals surface area contributed by atoms with Crippen molar-refractivity contribution >= 4 is 9.84 Å². The molecule has 21 heavy (non-hydrogen) atoms. The van der Waals surface area contributed by atoms with E-state index in [1.165, 1.54) is 0 Å². The molecule has 0 fully saturated rings. The molecule has 4 nitrogen and oxygen atoms in total. The molecule has 0 saturated carbocycles. The first-order valence-electron chi connectivity index (χ1n) is 6.73. The Labute approximate surface area is 125 Å². The van der Waals surface area contributed by atoms with Crippen LogP contribution in [0.15, 0.2) is 53.4 Å². The number of nitrogens with two attached hydrogens (primary N) is 1. The van der Waals surface area contributed by atoms with Gasteiger partial charge in [0.15, 0.2) is 9.84 Å². The third-order valence-electron chi connectivity index (χ3n) is 3.20. The van der Waals surface area contributed by atoms with E-state index in [2.05, 4.69) is 0 Å². The zero-order valence-corrected chi connectivity index (χ0v) is 12.8. The van der Waals surface area contributed by atoms with Gasteiger partial charge in [0.05, 0.1) is 10.6 Å². The predicted octanol–water partition coefficient (Wildman–Crippen LogP) is 2.31. The topological polar surface area (TPSA) is 69.4 Å². The molecule has 5 heteroatoms. The smallest absolute Gasteiger partial charge is 0.181 e. The first-order valence-corrected chi connectivity index (χ1v) is 8.38. The summed E-state index contributed by atoms with van der Waals surface area (Å²) in [5, 5.41) is 0. The molecule has 2 aromatic carbocycles. The molecule has 0 aliphatic carbocycles. The van der Waals surface area contributed by atoms with Crippen LogP contribution in [0.4, 0.5) is 0 Å². The number of rotatable bonds is 6. The van der Waals surface area contributed by atoms with Crippen molar-refractivity contribution in [3.8, 4) is 5.75 Å². The van der Waals surface area contributed by atoms with Gasteiger partial charge >= 0.3 is 0 Å². The molecule has 112 valence electrons. The fourth-order valence-corrected chi connectivity index (χ4v) is 3.12. The molecule has 0 unspecified atom stereocenters. The first kappa shape index (κ1) is 15.5. The first-order chi connectivity index (χ1) is 10.0. The number of ether oxygens (including phenoxy) is 1. The molecular weight excluding hydrogens is 286 g/mol. The van der Waals surface area contributed by atoms with Crippen LogP contribution in [0.25, 0.3) is 0 Å². The summed E-state index contributed by atoms with van der Waals surface area (Å²) in [6.07, 6.45) is 0. The molecule has 0 radical (unpaired) electrons. The van der Waals surface area contributed by atoms with Crippen LogP contribution in [0.1, 0.15) is 11.1 Å². The molecule has 0 atom stereocenters. The summed E-state index contributed by atoms with van der Waals surface area (Å²) in [6.45, 7) is 2.37. The Morgan fingerprint density at radius 3 is 2.57 bits per heavy atom. The van der Waals surface area contributed by atoms with Crippen molar-refractivity contribution in [2.75, 3.05) is 12.4 Å². The largest absolute Gasteiger partial charge is 0.492 e. The number of hydrogen-bond donors (Lipinski definition) is 1. The molecule has 0 aromatic heterocycles. The van der Waals surface area contributed by atoms with Gasteiger partial charge < -0.3 is 10.5 Å². The minimum atomic E-state index is -3.36. The predicted molar refractivity (Wildman–Crippen MR) is 83.1 cm³/mol. The van der Waals surface area contributed by atoms with E-state index < -0.39 is 9.84 Å². The van der Waals surface area contributed by atoms with Gasteiger partial charge in [-0.2, -0.15) is 0 Å². The standard InChI is InChI=1S/C16H19NO3S/c1-13-5-2-3-8-16(13)20-9-10-21(18,19)15-7-4-6-14(11-15)12-17/h2-8,11H,9-10,12,17H2,1H3. The third kappa shape index (κ3) is 4.06. The summed E-state index contributed by atoms with van der Waals surface area (Å²) in [7, 11) is -3.36. The fourth-order valence-electron chi connectivity index (χ4n) is 1.96. The molecule has 2 rings (SSSR count). The Bertz CT molecular complexity index is 711. The van der Waals surface area contributed by atoms with Gasteiger partial charge in [0, 0.05) is 6.54 Å². The average molecular weight is 305 g/mol. The van der Waals surface area contributed by atoms with E-state index >= 15 is 0 Å². The Morgan fingerprint density at radius 1 is 1.10 bits per heavy atom. The minimum Gasteiger partial charge on any atom is -0.492 e. The SMILES string of the molecule is Cc1ccccc1OCCS(=O)(=O)c1cccc(CN)c1. The van der Waals surface area contributed by atoms with Gasteiger partial charge in [-0.05, 0) is 36.2 Å². The molecule has 0 aliphatic heterocycles. The summed E-state index contributed by atoms with van der Waals surface area (Å²) in [5.74, 6) is 0.651. The van der Waals surface area contributed by atoms with Crippen LogP contribution in [0, 0.1) is 6.92 Å². The Morgan fingerprint density at radius 2 is 1.86 bits per heavy atom. The van der Waals surface area contributed by atoms with Crippen molar-refractivity contribution in [2.45, 2.75) is 18.4 Å². The number of para-hydroxylation sites is 1.